The molecule has 2 unspecified atom stereocenters. The molecule has 1 aliphatic rings. The van der Waals surface area contributed by atoms with Gasteiger partial charge in [-0.15, -0.1) is 11.6 Å². The first-order valence-electron chi connectivity index (χ1n) is 4.90. The monoisotopic (exact) mass is 214 g/mol. The van der Waals surface area contributed by atoms with Crippen molar-refractivity contribution >= 4 is 11.6 Å². The average molecular weight is 215 g/mol. The van der Waals surface area contributed by atoms with Gasteiger partial charge < -0.3 is 4.74 Å². The molecule has 78 valence electrons. The molecule has 0 aromatic carbocycles. The molecule has 0 spiro atoms. The van der Waals surface area contributed by atoms with E-state index < -0.39 is 0 Å². The van der Waals surface area contributed by atoms with Gasteiger partial charge in [0, 0.05) is 36.7 Å². The average Bonchev–Trinajstić information content (AvgIpc) is 2.75. The number of aromatic nitrogens is 2. The Balaban J connectivity index is 2.26. The van der Waals surface area contributed by atoms with Gasteiger partial charge in [-0.3, -0.25) is 4.68 Å². The summed E-state index contributed by atoms with van der Waals surface area (Å²) in [7, 11) is 1.95. The van der Waals surface area contributed by atoms with Crippen LogP contribution in [-0.2, 0) is 11.8 Å². The number of ether oxygens (including phenoxy) is 1. The maximum atomic E-state index is 5.90. The molecule has 0 radical (unpaired) electrons. The molecule has 1 saturated heterocycles. The third kappa shape index (κ3) is 1.55. The van der Waals surface area contributed by atoms with Crippen LogP contribution in [0.1, 0.15) is 23.8 Å². The number of hydrogen-bond donors (Lipinski definition) is 0. The second-order valence-corrected chi connectivity index (χ2v) is 4.11. The third-order valence-corrected chi connectivity index (χ3v) is 3.39. The van der Waals surface area contributed by atoms with Crippen LogP contribution in [0, 0.1) is 12.8 Å². The minimum absolute atomic E-state index is 0.154. The van der Waals surface area contributed by atoms with Crippen LogP contribution < -0.4 is 0 Å². The highest BCUT2D eigenvalue weighted by Crippen LogP contribution is 2.36. The molecular formula is C10H15ClN2O. The third-order valence-electron chi connectivity index (χ3n) is 2.99. The van der Waals surface area contributed by atoms with Crippen molar-refractivity contribution in [3.05, 3.63) is 17.5 Å². The summed E-state index contributed by atoms with van der Waals surface area (Å²) in [5.41, 5.74) is 2.36. The van der Waals surface area contributed by atoms with Crippen molar-refractivity contribution in [2.45, 2.75) is 19.4 Å². The number of alkyl halides is 1. The second kappa shape index (κ2) is 3.91. The zero-order chi connectivity index (χ0) is 10.1. The molecule has 2 heterocycles. The Bertz CT molecular complexity index is 324. The van der Waals surface area contributed by atoms with E-state index in [1.54, 1.807) is 0 Å². The van der Waals surface area contributed by atoms with Crippen molar-refractivity contribution in [3.8, 4) is 0 Å². The van der Waals surface area contributed by atoms with Gasteiger partial charge in [0.05, 0.1) is 12.3 Å². The van der Waals surface area contributed by atoms with E-state index >= 15 is 0 Å². The van der Waals surface area contributed by atoms with Crippen LogP contribution in [0.4, 0.5) is 0 Å². The van der Waals surface area contributed by atoms with Gasteiger partial charge in [0.2, 0.25) is 0 Å². The quantitative estimate of drug-likeness (QED) is 0.705. The van der Waals surface area contributed by atoms with E-state index in [9.17, 15) is 0 Å². The van der Waals surface area contributed by atoms with Gasteiger partial charge in [0.1, 0.15) is 0 Å². The number of halogens is 1. The predicted octanol–water partition coefficient (Wildman–Crippen LogP) is 2.04. The Morgan fingerprint density at radius 3 is 3.07 bits per heavy atom. The number of aryl methyl sites for hydroxylation is 1. The molecular weight excluding hydrogens is 200 g/mol. The molecule has 1 fully saturated rings. The molecule has 1 aliphatic heterocycles. The minimum Gasteiger partial charge on any atom is -0.373 e. The Kier molecular flexibility index (Phi) is 2.79. The van der Waals surface area contributed by atoms with Crippen LogP contribution in [0.2, 0.25) is 0 Å². The highest BCUT2D eigenvalue weighted by molar-refractivity contribution is 6.18. The normalized spacial score (nSPS) is 27.1. The molecule has 2 atom stereocenters. The zero-order valence-corrected chi connectivity index (χ0v) is 9.29. The van der Waals surface area contributed by atoms with Gasteiger partial charge in [-0.2, -0.15) is 5.10 Å². The fourth-order valence-corrected chi connectivity index (χ4v) is 2.25. The second-order valence-electron chi connectivity index (χ2n) is 3.80. The first-order valence-corrected chi connectivity index (χ1v) is 5.43. The molecule has 0 amide bonds. The lowest BCUT2D eigenvalue weighted by Gasteiger charge is -2.15. The van der Waals surface area contributed by atoms with Crippen LogP contribution in [-0.4, -0.2) is 22.3 Å². The first kappa shape index (κ1) is 9.99. The van der Waals surface area contributed by atoms with Gasteiger partial charge in [-0.05, 0) is 13.3 Å². The Labute approximate surface area is 89.0 Å². The predicted molar refractivity (Wildman–Crippen MR) is 55.5 cm³/mol. The summed E-state index contributed by atoms with van der Waals surface area (Å²) in [6.45, 7) is 2.88. The molecule has 0 N–H and O–H groups in total. The van der Waals surface area contributed by atoms with Crippen LogP contribution in [0.3, 0.4) is 0 Å². The molecule has 1 aromatic rings. The summed E-state index contributed by atoms with van der Waals surface area (Å²) >= 11 is 5.90. The Hall–Kier alpha value is -0.540. The van der Waals surface area contributed by atoms with Crippen LogP contribution >= 0.6 is 11.6 Å². The summed E-state index contributed by atoms with van der Waals surface area (Å²) in [4.78, 5) is 0. The van der Waals surface area contributed by atoms with E-state index in [1.165, 1.54) is 11.3 Å². The van der Waals surface area contributed by atoms with Crippen LogP contribution in [0.25, 0.3) is 0 Å². The van der Waals surface area contributed by atoms with Gasteiger partial charge in [0.25, 0.3) is 0 Å². The van der Waals surface area contributed by atoms with Crippen molar-refractivity contribution in [2.24, 2.45) is 13.0 Å². The maximum Gasteiger partial charge on any atom is 0.0898 e. The zero-order valence-electron chi connectivity index (χ0n) is 8.53. The summed E-state index contributed by atoms with van der Waals surface area (Å²) in [6, 6.07) is 0. The molecule has 1 aromatic heterocycles. The largest absolute Gasteiger partial charge is 0.373 e. The summed E-state index contributed by atoms with van der Waals surface area (Å²) in [5, 5.41) is 4.22. The molecule has 14 heavy (non-hydrogen) atoms. The van der Waals surface area contributed by atoms with E-state index in [1.807, 2.05) is 17.9 Å². The van der Waals surface area contributed by atoms with E-state index in [2.05, 4.69) is 12.0 Å². The lowest BCUT2D eigenvalue weighted by Crippen LogP contribution is -2.09. The SMILES string of the molecule is Cc1c(C2OCCC2CCl)cnn1C. The summed E-state index contributed by atoms with van der Waals surface area (Å²) in [5.74, 6) is 1.11. The fraction of sp³-hybridized carbons (Fsp3) is 0.700. The molecule has 2 rings (SSSR count). The molecule has 3 nitrogen and oxygen atoms in total. The standard InChI is InChI=1S/C10H15ClN2O/c1-7-9(6-12-13(7)2)10-8(5-11)3-4-14-10/h6,8,10H,3-5H2,1-2H3. The first-order chi connectivity index (χ1) is 6.74. The van der Waals surface area contributed by atoms with Crippen LogP contribution in [0.15, 0.2) is 6.20 Å². The summed E-state index contributed by atoms with van der Waals surface area (Å²) < 4.78 is 7.58. The van der Waals surface area contributed by atoms with E-state index in [0.717, 1.165) is 13.0 Å². The van der Waals surface area contributed by atoms with Gasteiger partial charge >= 0.3 is 0 Å². The van der Waals surface area contributed by atoms with Gasteiger partial charge in [-0.1, -0.05) is 0 Å². The van der Waals surface area contributed by atoms with E-state index in [-0.39, 0.29) is 6.10 Å². The molecule has 4 heteroatoms. The number of rotatable bonds is 2. The highest BCUT2D eigenvalue weighted by atomic mass is 35.5. The van der Waals surface area contributed by atoms with Gasteiger partial charge in [0.15, 0.2) is 0 Å². The van der Waals surface area contributed by atoms with Crippen molar-refractivity contribution in [2.75, 3.05) is 12.5 Å². The van der Waals surface area contributed by atoms with Crippen LogP contribution in [0.5, 0.6) is 0 Å². The van der Waals surface area contributed by atoms with Crippen molar-refractivity contribution in [1.29, 1.82) is 0 Å². The number of nitrogens with zero attached hydrogens (tertiary/aromatic N) is 2. The Morgan fingerprint density at radius 2 is 2.50 bits per heavy atom. The Morgan fingerprint density at radius 1 is 1.71 bits per heavy atom. The lowest BCUT2D eigenvalue weighted by molar-refractivity contribution is 0.0946. The van der Waals surface area contributed by atoms with E-state index in [0.29, 0.717) is 11.8 Å². The van der Waals surface area contributed by atoms with Crippen molar-refractivity contribution in [1.82, 2.24) is 9.78 Å². The lowest BCUT2D eigenvalue weighted by atomic mass is 9.98. The van der Waals surface area contributed by atoms with Crippen molar-refractivity contribution < 1.29 is 4.74 Å². The minimum atomic E-state index is 0.154. The smallest absolute Gasteiger partial charge is 0.0898 e. The van der Waals surface area contributed by atoms with E-state index in [4.69, 9.17) is 16.3 Å². The fourth-order valence-electron chi connectivity index (χ4n) is 1.93. The number of hydrogen-bond acceptors (Lipinski definition) is 2. The summed E-state index contributed by atoms with van der Waals surface area (Å²) in [6.07, 6.45) is 3.11. The molecule has 0 bridgehead atoms. The topological polar surface area (TPSA) is 27.1 Å². The van der Waals surface area contributed by atoms with Gasteiger partial charge in [-0.25, -0.2) is 0 Å². The highest BCUT2D eigenvalue weighted by Gasteiger charge is 2.31. The molecule has 0 saturated carbocycles. The molecule has 0 aliphatic carbocycles. The maximum absolute atomic E-state index is 5.90. The van der Waals surface area contributed by atoms with Crippen molar-refractivity contribution in [3.63, 3.8) is 0 Å².